The Kier molecular flexibility index (Phi) is 7.11. The lowest BCUT2D eigenvalue weighted by atomic mass is 9.56. The Labute approximate surface area is 192 Å². The highest BCUT2D eigenvalue weighted by Gasteiger charge is 2.53. The molecule has 4 nitrogen and oxygen atoms in total. The van der Waals surface area contributed by atoms with E-state index in [4.69, 9.17) is 9.47 Å². The molecule has 32 heavy (non-hydrogen) atoms. The molecule has 0 bridgehead atoms. The summed E-state index contributed by atoms with van der Waals surface area (Å²) >= 11 is 0. The SMILES string of the molecule is COc1cccc(CC[C@]2(O)CCC[C@@H]3[C@H]2CCC[C@]3(O)CCc2cccc(OC)c2)c1. The predicted octanol–water partition coefficient (Wildman–Crippen LogP) is 5.33. The second kappa shape index (κ2) is 9.84. The van der Waals surface area contributed by atoms with E-state index >= 15 is 0 Å². The van der Waals surface area contributed by atoms with Crippen LogP contribution >= 0.6 is 0 Å². The molecule has 174 valence electrons. The van der Waals surface area contributed by atoms with Gasteiger partial charge in [0.15, 0.2) is 0 Å². The van der Waals surface area contributed by atoms with Crippen molar-refractivity contribution in [1.29, 1.82) is 0 Å². The van der Waals surface area contributed by atoms with E-state index in [0.717, 1.165) is 75.7 Å². The summed E-state index contributed by atoms with van der Waals surface area (Å²) in [4.78, 5) is 0. The first-order valence-corrected chi connectivity index (χ1v) is 12.2. The van der Waals surface area contributed by atoms with Crippen molar-refractivity contribution in [2.24, 2.45) is 11.8 Å². The fraction of sp³-hybridized carbons (Fsp3) is 0.571. The quantitative estimate of drug-likeness (QED) is 0.585. The highest BCUT2D eigenvalue weighted by Crippen LogP contribution is 2.53. The number of fused-ring (bicyclic) bond motifs is 1. The first-order valence-electron chi connectivity index (χ1n) is 12.2. The lowest BCUT2D eigenvalue weighted by Crippen LogP contribution is -2.56. The molecule has 0 aliphatic heterocycles. The maximum Gasteiger partial charge on any atom is 0.119 e. The van der Waals surface area contributed by atoms with Crippen molar-refractivity contribution in [2.75, 3.05) is 14.2 Å². The lowest BCUT2D eigenvalue weighted by Gasteiger charge is -2.54. The van der Waals surface area contributed by atoms with E-state index in [0.29, 0.717) is 0 Å². The van der Waals surface area contributed by atoms with E-state index < -0.39 is 11.2 Å². The molecule has 0 aromatic heterocycles. The van der Waals surface area contributed by atoms with Crippen LogP contribution in [0.25, 0.3) is 0 Å². The number of ether oxygens (including phenoxy) is 2. The maximum atomic E-state index is 11.8. The topological polar surface area (TPSA) is 58.9 Å². The maximum absolute atomic E-state index is 11.8. The summed E-state index contributed by atoms with van der Waals surface area (Å²) < 4.78 is 10.7. The summed E-state index contributed by atoms with van der Waals surface area (Å²) in [7, 11) is 3.37. The molecule has 2 fully saturated rings. The number of benzene rings is 2. The molecule has 4 rings (SSSR count). The van der Waals surface area contributed by atoms with Crippen LogP contribution in [0.5, 0.6) is 11.5 Å². The number of methoxy groups -OCH3 is 2. The first-order chi connectivity index (χ1) is 15.5. The van der Waals surface area contributed by atoms with Gasteiger partial charge < -0.3 is 19.7 Å². The van der Waals surface area contributed by atoms with Crippen molar-refractivity contribution in [3.63, 3.8) is 0 Å². The average molecular weight is 439 g/mol. The van der Waals surface area contributed by atoms with Crippen molar-refractivity contribution in [1.82, 2.24) is 0 Å². The summed E-state index contributed by atoms with van der Waals surface area (Å²) in [6.45, 7) is 0. The van der Waals surface area contributed by atoms with Gasteiger partial charge >= 0.3 is 0 Å². The van der Waals surface area contributed by atoms with E-state index in [1.807, 2.05) is 24.3 Å². The Hall–Kier alpha value is -2.04. The van der Waals surface area contributed by atoms with Crippen molar-refractivity contribution >= 4 is 0 Å². The summed E-state index contributed by atoms with van der Waals surface area (Å²) in [5.74, 6) is 2.07. The third kappa shape index (κ3) is 4.97. The van der Waals surface area contributed by atoms with Crippen LogP contribution in [0.2, 0.25) is 0 Å². The predicted molar refractivity (Wildman–Crippen MR) is 127 cm³/mol. The summed E-state index contributed by atoms with van der Waals surface area (Å²) in [6, 6.07) is 16.3. The normalized spacial score (nSPS) is 29.9. The van der Waals surface area contributed by atoms with Crippen LogP contribution < -0.4 is 9.47 Å². The minimum absolute atomic E-state index is 0.172. The van der Waals surface area contributed by atoms with Gasteiger partial charge in [-0.2, -0.15) is 0 Å². The number of hydrogen-bond donors (Lipinski definition) is 2. The molecule has 0 spiro atoms. The Balaban J connectivity index is 1.45. The molecule has 2 aliphatic rings. The zero-order valence-electron chi connectivity index (χ0n) is 19.6. The molecule has 2 aromatic rings. The van der Waals surface area contributed by atoms with Crippen LogP contribution in [0.4, 0.5) is 0 Å². The Morgan fingerprint density at radius 2 is 1.19 bits per heavy atom. The van der Waals surface area contributed by atoms with Gasteiger partial charge in [-0.15, -0.1) is 0 Å². The van der Waals surface area contributed by atoms with Gasteiger partial charge in [0.2, 0.25) is 0 Å². The zero-order valence-corrected chi connectivity index (χ0v) is 19.6. The molecule has 0 heterocycles. The fourth-order valence-corrected chi connectivity index (χ4v) is 6.31. The van der Waals surface area contributed by atoms with E-state index in [-0.39, 0.29) is 11.8 Å². The van der Waals surface area contributed by atoms with Crippen LogP contribution in [-0.2, 0) is 12.8 Å². The van der Waals surface area contributed by atoms with Crippen molar-refractivity contribution in [2.45, 2.75) is 75.4 Å². The van der Waals surface area contributed by atoms with Gasteiger partial charge in [-0.05, 0) is 98.6 Å². The highest BCUT2D eigenvalue weighted by molar-refractivity contribution is 5.29. The molecule has 0 unspecified atom stereocenters. The largest absolute Gasteiger partial charge is 0.497 e. The minimum Gasteiger partial charge on any atom is -0.497 e. The Morgan fingerprint density at radius 1 is 0.750 bits per heavy atom. The number of rotatable bonds is 8. The molecule has 0 amide bonds. The van der Waals surface area contributed by atoms with Crippen LogP contribution in [0.1, 0.15) is 62.5 Å². The molecular formula is C28H38O4. The minimum atomic E-state index is -0.698. The molecule has 0 radical (unpaired) electrons. The Bertz CT molecular complexity index is 823. The van der Waals surface area contributed by atoms with Gasteiger partial charge in [0, 0.05) is 0 Å². The molecule has 4 heteroatoms. The fourth-order valence-electron chi connectivity index (χ4n) is 6.31. The molecule has 2 aliphatic carbocycles. The second-order valence-corrected chi connectivity index (χ2v) is 9.91. The van der Waals surface area contributed by atoms with Gasteiger partial charge in [0.1, 0.15) is 11.5 Å². The highest BCUT2D eigenvalue weighted by atomic mass is 16.5. The average Bonchev–Trinajstić information content (AvgIpc) is 2.83. The second-order valence-electron chi connectivity index (χ2n) is 9.91. The molecule has 4 atom stereocenters. The van der Waals surface area contributed by atoms with Crippen molar-refractivity contribution < 1.29 is 19.7 Å². The van der Waals surface area contributed by atoms with Crippen LogP contribution in [0, 0.1) is 11.8 Å². The number of aliphatic hydroxyl groups is 2. The smallest absolute Gasteiger partial charge is 0.119 e. The van der Waals surface area contributed by atoms with Gasteiger partial charge in [-0.1, -0.05) is 37.1 Å². The summed E-state index contributed by atoms with van der Waals surface area (Å²) in [5.41, 5.74) is 1.00. The third-order valence-electron chi connectivity index (χ3n) is 8.08. The molecular weight excluding hydrogens is 400 g/mol. The van der Waals surface area contributed by atoms with Crippen LogP contribution in [0.15, 0.2) is 48.5 Å². The van der Waals surface area contributed by atoms with E-state index in [9.17, 15) is 10.2 Å². The van der Waals surface area contributed by atoms with Gasteiger partial charge in [0.25, 0.3) is 0 Å². The van der Waals surface area contributed by atoms with Crippen molar-refractivity contribution in [3.8, 4) is 11.5 Å². The van der Waals surface area contributed by atoms with E-state index in [1.165, 1.54) is 11.1 Å². The zero-order chi connectivity index (χ0) is 22.6. The van der Waals surface area contributed by atoms with Crippen molar-refractivity contribution in [3.05, 3.63) is 59.7 Å². The monoisotopic (exact) mass is 438 g/mol. The number of aryl methyl sites for hydroxylation is 2. The van der Waals surface area contributed by atoms with Gasteiger partial charge in [0.05, 0.1) is 25.4 Å². The molecule has 0 saturated heterocycles. The lowest BCUT2D eigenvalue weighted by molar-refractivity contribution is -0.167. The van der Waals surface area contributed by atoms with E-state index in [1.54, 1.807) is 14.2 Å². The van der Waals surface area contributed by atoms with Crippen LogP contribution in [-0.4, -0.2) is 35.6 Å². The molecule has 2 saturated carbocycles. The Morgan fingerprint density at radius 3 is 1.59 bits per heavy atom. The van der Waals surface area contributed by atoms with E-state index in [2.05, 4.69) is 24.3 Å². The number of hydrogen-bond acceptors (Lipinski definition) is 4. The molecule has 2 aromatic carbocycles. The summed E-state index contributed by atoms with van der Waals surface area (Å²) in [6.07, 6.45) is 8.82. The van der Waals surface area contributed by atoms with Crippen LogP contribution in [0.3, 0.4) is 0 Å². The standard InChI is InChI=1S/C28H38O4/c1-31-23-9-3-7-21(19-23)13-17-27(29)15-5-12-26-25(27)11-6-16-28(26,30)18-14-22-8-4-10-24(20-22)32-2/h3-4,7-10,19-20,25-26,29-30H,5-6,11-18H2,1-2H3/t25-,26-,27-,28+/m1/s1. The first kappa shape index (κ1) is 23.1. The van der Waals surface area contributed by atoms with Gasteiger partial charge in [-0.25, -0.2) is 0 Å². The third-order valence-corrected chi connectivity index (χ3v) is 8.08. The van der Waals surface area contributed by atoms with Gasteiger partial charge in [-0.3, -0.25) is 0 Å². The summed E-state index contributed by atoms with van der Waals surface area (Å²) in [5, 5.41) is 23.6. The molecule has 2 N–H and O–H groups in total.